The third kappa shape index (κ3) is 13.3. The van der Waals surface area contributed by atoms with Gasteiger partial charge in [-0.15, -0.1) is 0 Å². The van der Waals surface area contributed by atoms with E-state index in [9.17, 15) is 34.8 Å². The van der Waals surface area contributed by atoms with Crippen molar-refractivity contribution in [2.45, 2.75) is 211 Å². The molecule has 21 heteroatoms. The SMILES string of the molecule is CC[C@H]1OC(=O)[C@H](C)[C@@H](O[C@@H]2C[C@](C)(OC)[C@H](OC(=O)CCN3CCN(c4cc5c(cc4F)OC=CN5C4CC4)CC3)[C@@H](C)O2)[C@H](C)[C@@H](O[C@@H]2O[C@@H](C)C[C@@H](N(C)C)[C@@H]2O)[C@](C)(O)C[C@@H](C)NC(=O)[C@H](C)[C@@H](O)[C@]1(C)O. The molecule has 5 N–H and O–H groups in total. The van der Waals surface area contributed by atoms with Gasteiger partial charge in [-0.25, -0.2) is 4.39 Å². The fourth-order valence-corrected chi connectivity index (χ4v) is 12.1. The lowest BCUT2D eigenvalue weighted by molar-refractivity contribution is -0.318. The smallest absolute Gasteiger partial charge is 0.311 e. The van der Waals surface area contributed by atoms with E-state index in [2.05, 4.69) is 15.1 Å². The minimum absolute atomic E-state index is 0.0205. The topological polar surface area (TPSA) is 231 Å². The Morgan fingerprint density at radius 1 is 0.921 bits per heavy atom. The molecule has 0 unspecified atom stereocenters. The summed E-state index contributed by atoms with van der Waals surface area (Å²) in [6.45, 7) is 19.2. The summed E-state index contributed by atoms with van der Waals surface area (Å²) >= 11 is 0. The molecule has 1 saturated carbocycles. The van der Waals surface area contributed by atoms with E-state index >= 15 is 4.39 Å². The van der Waals surface area contributed by atoms with Crippen LogP contribution in [0, 0.1) is 23.6 Å². The Hall–Kier alpha value is -3.74. The molecule has 7 rings (SSSR count). The van der Waals surface area contributed by atoms with E-state index in [0.29, 0.717) is 56.6 Å². The number of aliphatic hydroxyl groups excluding tert-OH is 2. The molecule has 5 fully saturated rings. The Balaban J connectivity index is 1.07. The maximum atomic E-state index is 15.4. The minimum Gasteiger partial charge on any atom is -0.461 e. The number of esters is 2. The number of hydrogen-bond acceptors (Lipinski definition) is 19. The molecular formula is C55H88FN5O15. The molecule has 4 saturated heterocycles. The normalized spacial score (nSPS) is 40.3. The van der Waals surface area contributed by atoms with Gasteiger partial charge in [0.2, 0.25) is 5.91 Å². The molecule has 1 aromatic carbocycles. The van der Waals surface area contributed by atoms with E-state index in [4.69, 9.17) is 37.9 Å². The summed E-state index contributed by atoms with van der Waals surface area (Å²) in [5, 5.41) is 50.5. The van der Waals surface area contributed by atoms with E-state index in [1.54, 1.807) is 54.7 Å². The second kappa shape index (κ2) is 24.3. The number of halogens is 1. The molecular weight excluding hydrogens is 990 g/mol. The molecule has 0 spiro atoms. The predicted octanol–water partition coefficient (Wildman–Crippen LogP) is 3.82. The lowest BCUT2D eigenvalue weighted by atomic mass is 9.78. The van der Waals surface area contributed by atoms with E-state index in [1.165, 1.54) is 27.0 Å². The number of anilines is 2. The average Bonchev–Trinajstić information content (AvgIpc) is 4.22. The molecule has 20 nitrogen and oxygen atoms in total. The summed E-state index contributed by atoms with van der Waals surface area (Å²) in [7, 11) is 5.20. The summed E-state index contributed by atoms with van der Waals surface area (Å²) in [4.78, 5) is 50.1. The molecule has 18 atom stereocenters. The molecule has 1 aromatic rings. The van der Waals surface area contributed by atoms with E-state index in [-0.39, 0.29) is 43.6 Å². The third-order valence-electron chi connectivity index (χ3n) is 16.9. The standard InChI is InChI=1S/C55H88FN5O15/c1-14-42-55(10,68)47(64)34(6)50(65)57-30(2)28-53(8,67)48(76-52-45(63)40(58(11)12)25-31(3)71-52)32(4)46(33(5)51(66)73-42)75-44-29-54(9,69-13)49(35(7)72-44)74-43(62)17-18-59-19-21-60(22-20-59)38-27-39-41(26-37(38)56)70-24-23-61(39)36-15-16-36/h23-24,26-27,30-36,40,42,44-49,52,63-64,67-68H,14-22,25,28-29H2,1-13H3,(H,57,65)/t30-,31+,32+,33-,34-,35-,40-,42-,44-,45+,46+,47-,48-,49-,52+,53-,54+,55-/m1/s1. The van der Waals surface area contributed by atoms with Crippen molar-refractivity contribution in [2.75, 3.05) is 63.7 Å². The van der Waals surface area contributed by atoms with Crippen LogP contribution in [-0.4, -0.2) is 198 Å². The molecule has 430 valence electrons. The van der Waals surface area contributed by atoms with Gasteiger partial charge in [0.05, 0.1) is 65.8 Å². The fraction of sp³-hybridized carbons (Fsp3) is 0.800. The number of nitrogens with zero attached hydrogens (tertiary/aromatic N) is 4. The first-order chi connectivity index (χ1) is 35.7. The minimum atomic E-state index is -2.07. The summed E-state index contributed by atoms with van der Waals surface area (Å²) < 4.78 is 65.8. The molecule has 1 aliphatic carbocycles. The van der Waals surface area contributed by atoms with Crippen LogP contribution >= 0.6 is 0 Å². The number of ether oxygens (including phenoxy) is 8. The maximum absolute atomic E-state index is 15.4. The molecule has 6 aliphatic rings. The van der Waals surface area contributed by atoms with Crippen molar-refractivity contribution in [3.8, 4) is 5.75 Å². The molecule has 5 aliphatic heterocycles. The highest BCUT2D eigenvalue weighted by atomic mass is 19.1. The summed E-state index contributed by atoms with van der Waals surface area (Å²) in [6, 6.07) is 2.64. The number of cyclic esters (lactones) is 1. The van der Waals surface area contributed by atoms with Crippen molar-refractivity contribution in [3.63, 3.8) is 0 Å². The number of carbonyl (C=O) groups excluding carboxylic acids is 3. The van der Waals surface area contributed by atoms with Gasteiger partial charge in [-0.05, 0) is 101 Å². The van der Waals surface area contributed by atoms with Crippen molar-refractivity contribution in [1.82, 2.24) is 15.1 Å². The Kier molecular flexibility index (Phi) is 19.2. The first-order valence-corrected chi connectivity index (χ1v) is 27.5. The zero-order chi connectivity index (χ0) is 55.8. The lowest BCUT2D eigenvalue weighted by Gasteiger charge is -2.49. The first kappa shape index (κ1) is 59.9. The van der Waals surface area contributed by atoms with Crippen LogP contribution in [0.15, 0.2) is 24.6 Å². The number of rotatable bonds is 13. The Morgan fingerprint density at radius 3 is 2.24 bits per heavy atom. The van der Waals surface area contributed by atoms with Gasteiger partial charge in [-0.3, -0.25) is 19.3 Å². The monoisotopic (exact) mass is 1080 g/mol. The van der Waals surface area contributed by atoms with Crippen LogP contribution in [0.3, 0.4) is 0 Å². The van der Waals surface area contributed by atoms with Crippen LogP contribution in [-0.2, 0) is 47.5 Å². The second-order valence-corrected chi connectivity index (χ2v) is 23.4. The summed E-state index contributed by atoms with van der Waals surface area (Å²) in [6.07, 6.45) is -4.64. The number of fused-ring (bicyclic) bond motifs is 1. The van der Waals surface area contributed by atoms with Crippen molar-refractivity contribution in [2.24, 2.45) is 17.8 Å². The Bertz CT molecular complexity index is 2190. The highest BCUT2D eigenvalue weighted by Gasteiger charge is 2.54. The van der Waals surface area contributed by atoms with Crippen LogP contribution in [0.5, 0.6) is 5.75 Å². The van der Waals surface area contributed by atoms with Crippen LogP contribution in [0.25, 0.3) is 0 Å². The number of hydrogen-bond donors (Lipinski definition) is 5. The summed E-state index contributed by atoms with van der Waals surface area (Å²) in [5.41, 5.74) is -3.67. The number of methoxy groups -OCH3 is 1. The number of nitrogens with one attached hydrogen (secondary N) is 1. The number of aliphatic hydroxyl groups is 4. The summed E-state index contributed by atoms with van der Waals surface area (Å²) in [5.74, 6) is -4.95. The molecule has 0 aromatic heterocycles. The average molecular weight is 1080 g/mol. The highest BCUT2D eigenvalue weighted by Crippen LogP contribution is 2.44. The van der Waals surface area contributed by atoms with Crippen LogP contribution in [0.2, 0.25) is 0 Å². The van der Waals surface area contributed by atoms with Gasteiger partial charge >= 0.3 is 11.9 Å². The van der Waals surface area contributed by atoms with Gasteiger partial charge < -0.3 is 78.3 Å². The Morgan fingerprint density at radius 2 is 1.61 bits per heavy atom. The number of piperazine rings is 1. The number of likely N-dealkylation sites (N-methyl/N-ethyl adjacent to an activating group) is 1. The molecule has 76 heavy (non-hydrogen) atoms. The highest BCUT2D eigenvalue weighted by molar-refractivity contribution is 5.79. The van der Waals surface area contributed by atoms with Crippen molar-refractivity contribution >= 4 is 29.2 Å². The van der Waals surface area contributed by atoms with Crippen LogP contribution < -0.4 is 19.9 Å². The van der Waals surface area contributed by atoms with E-state index in [1.807, 2.05) is 43.1 Å². The van der Waals surface area contributed by atoms with Gasteiger partial charge in [0.1, 0.15) is 35.5 Å². The zero-order valence-electron chi connectivity index (χ0n) is 47.0. The zero-order valence-corrected chi connectivity index (χ0v) is 47.0. The largest absolute Gasteiger partial charge is 0.461 e. The molecule has 0 bridgehead atoms. The van der Waals surface area contributed by atoms with Gasteiger partial charge in [-0.2, -0.15) is 0 Å². The van der Waals surface area contributed by atoms with Gasteiger partial charge in [0.15, 0.2) is 24.4 Å². The van der Waals surface area contributed by atoms with Crippen LogP contribution in [0.1, 0.15) is 114 Å². The molecule has 5 heterocycles. The number of carbonyl (C=O) groups is 3. The van der Waals surface area contributed by atoms with Crippen LogP contribution in [0.4, 0.5) is 15.8 Å². The van der Waals surface area contributed by atoms with E-state index in [0.717, 1.165) is 18.5 Å². The third-order valence-corrected chi connectivity index (χ3v) is 16.9. The second-order valence-electron chi connectivity index (χ2n) is 23.4. The van der Waals surface area contributed by atoms with Crippen molar-refractivity contribution in [1.29, 1.82) is 0 Å². The number of benzene rings is 1. The number of amides is 1. The van der Waals surface area contributed by atoms with E-state index < -0.39 is 114 Å². The molecule has 0 radical (unpaired) electrons. The van der Waals surface area contributed by atoms with Gasteiger partial charge in [0, 0.05) is 82.6 Å². The van der Waals surface area contributed by atoms with Gasteiger partial charge in [-0.1, -0.05) is 20.8 Å². The maximum Gasteiger partial charge on any atom is 0.311 e. The first-order valence-electron chi connectivity index (χ1n) is 27.5. The van der Waals surface area contributed by atoms with Crippen molar-refractivity contribution < 1.29 is 77.1 Å². The predicted molar refractivity (Wildman–Crippen MR) is 279 cm³/mol. The lowest BCUT2D eigenvalue weighted by Crippen LogP contribution is -2.61. The Labute approximate surface area is 448 Å². The quantitative estimate of drug-likeness (QED) is 0.177. The molecule has 1 amide bonds. The van der Waals surface area contributed by atoms with Gasteiger partial charge in [0.25, 0.3) is 0 Å². The van der Waals surface area contributed by atoms with Crippen molar-refractivity contribution in [3.05, 3.63) is 30.4 Å². The fourth-order valence-electron chi connectivity index (χ4n) is 12.1.